The maximum atomic E-state index is 12.4. The minimum absolute atomic E-state index is 0.359. The van der Waals surface area contributed by atoms with E-state index >= 15 is 0 Å². The Hall–Kier alpha value is -2.09. The van der Waals surface area contributed by atoms with Crippen LogP contribution in [0.2, 0.25) is 0 Å². The van der Waals surface area contributed by atoms with Crippen LogP contribution in [-0.2, 0) is 0 Å². The number of nitrogens with zero attached hydrogens (tertiary/aromatic N) is 2. The van der Waals surface area contributed by atoms with Crippen LogP contribution >= 0.6 is 11.9 Å². The molecule has 0 bridgehead atoms. The molecule has 0 atom stereocenters. The van der Waals surface area contributed by atoms with Gasteiger partial charge in [0.25, 0.3) is 5.91 Å². The molecule has 0 saturated heterocycles. The summed E-state index contributed by atoms with van der Waals surface area (Å²) in [5.74, 6) is -0.359. The van der Waals surface area contributed by atoms with Crippen molar-refractivity contribution in [2.75, 3.05) is 0 Å². The van der Waals surface area contributed by atoms with Crippen molar-refractivity contribution >= 4 is 36.6 Å². The number of carbonyl (C=O) groups is 1. The van der Waals surface area contributed by atoms with Crippen molar-refractivity contribution in [2.24, 2.45) is 10.2 Å². The van der Waals surface area contributed by atoms with Gasteiger partial charge < -0.3 is 5.02 Å². The van der Waals surface area contributed by atoms with Crippen LogP contribution in [0.15, 0.2) is 58.5 Å². The average molecular weight is 297 g/mol. The van der Waals surface area contributed by atoms with E-state index in [9.17, 15) is 9.82 Å². The van der Waals surface area contributed by atoms with Gasteiger partial charge >= 0.3 is 7.05 Å². The molecule has 1 amide bonds. The minimum atomic E-state index is -1.08. The van der Waals surface area contributed by atoms with Crippen molar-refractivity contribution in [2.45, 2.75) is 4.90 Å². The van der Waals surface area contributed by atoms with E-state index in [0.29, 0.717) is 11.0 Å². The number of fused-ring (bicyclic) bond motifs is 1. The van der Waals surface area contributed by atoms with Gasteiger partial charge in [0.1, 0.15) is 0 Å². The molecule has 3 rings (SSSR count). The number of carbonyl (C=O) groups excluding carboxylic acids is 1. The Labute approximate surface area is 126 Å². The molecule has 1 aliphatic rings. The van der Waals surface area contributed by atoms with Gasteiger partial charge in [-0.3, -0.25) is 9.93 Å². The first-order valence-corrected chi connectivity index (χ1v) is 7.20. The first-order valence-electron chi connectivity index (χ1n) is 6.32. The summed E-state index contributed by atoms with van der Waals surface area (Å²) < 4.78 is 0. The lowest BCUT2D eigenvalue weighted by molar-refractivity contribution is 0.0846. The Morgan fingerprint density at radius 3 is 2.62 bits per heavy atom. The summed E-state index contributed by atoms with van der Waals surface area (Å²) >= 11 is 1.11. The van der Waals surface area contributed by atoms with Crippen molar-refractivity contribution in [3.8, 4) is 0 Å². The summed E-state index contributed by atoms with van der Waals surface area (Å²) in [4.78, 5) is 14.4. The van der Waals surface area contributed by atoms with Crippen LogP contribution in [-0.4, -0.2) is 29.1 Å². The van der Waals surface area contributed by atoms with E-state index in [0.717, 1.165) is 27.3 Å². The van der Waals surface area contributed by atoms with E-state index in [2.05, 4.69) is 5.10 Å². The molecule has 0 saturated carbocycles. The Kier molecular flexibility index (Phi) is 3.79. The Morgan fingerprint density at radius 1 is 1.19 bits per heavy atom. The van der Waals surface area contributed by atoms with Gasteiger partial charge in [-0.05, 0) is 47.2 Å². The zero-order valence-corrected chi connectivity index (χ0v) is 11.8. The average Bonchev–Trinajstić information content (AvgIpc) is 2.55. The SMILES string of the molecule is NSc1ccc(C(=O)N2N=Cc3ccccc3B2O)cc1. The lowest BCUT2D eigenvalue weighted by atomic mass is 9.69. The zero-order chi connectivity index (χ0) is 14.8. The van der Waals surface area contributed by atoms with Gasteiger partial charge in [-0.1, -0.05) is 24.3 Å². The normalized spacial score (nSPS) is 13.2. The topological polar surface area (TPSA) is 78.9 Å². The lowest BCUT2D eigenvalue weighted by Gasteiger charge is -2.24. The van der Waals surface area contributed by atoms with Gasteiger partial charge in [0.15, 0.2) is 0 Å². The van der Waals surface area contributed by atoms with Gasteiger partial charge in [-0.15, -0.1) is 0 Å². The second kappa shape index (κ2) is 5.73. The second-order valence-corrected chi connectivity index (χ2v) is 5.25. The van der Waals surface area contributed by atoms with Crippen LogP contribution < -0.4 is 10.6 Å². The van der Waals surface area contributed by atoms with E-state index < -0.39 is 7.05 Å². The quantitative estimate of drug-likeness (QED) is 0.635. The zero-order valence-electron chi connectivity index (χ0n) is 11.0. The highest BCUT2D eigenvalue weighted by Crippen LogP contribution is 2.15. The van der Waals surface area contributed by atoms with Crippen molar-refractivity contribution in [1.29, 1.82) is 0 Å². The fourth-order valence-corrected chi connectivity index (χ4v) is 2.45. The Morgan fingerprint density at radius 2 is 1.90 bits per heavy atom. The standard InChI is InChI=1S/C14H12BN3O2S/c16-21-12-7-5-10(6-8-12)14(19)18-15(20)13-4-2-1-3-11(13)9-17-18/h1-9,20H,16H2. The monoisotopic (exact) mass is 297 g/mol. The molecule has 7 heteroatoms. The van der Waals surface area contributed by atoms with Gasteiger partial charge in [0.2, 0.25) is 0 Å². The second-order valence-electron chi connectivity index (χ2n) is 4.54. The maximum absolute atomic E-state index is 12.4. The molecule has 3 N–H and O–H groups in total. The summed E-state index contributed by atoms with van der Waals surface area (Å²) in [6.45, 7) is 0. The summed E-state index contributed by atoms with van der Waals surface area (Å²) in [7, 11) is -1.08. The van der Waals surface area contributed by atoms with E-state index in [-0.39, 0.29) is 5.91 Å². The Bertz CT molecular complexity index is 706. The first kappa shape index (κ1) is 13.9. The highest BCUT2D eigenvalue weighted by Gasteiger charge is 2.33. The van der Waals surface area contributed by atoms with E-state index in [1.54, 1.807) is 36.5 Å². The molecule has 2 aromatic rings. The predicted molar refractivity (Wildman–Crippen MR) is 84.3 cm³/mol. The maximum Gasteiger partial charge on any atom is 0.474 e. The molecular weight excluding hydrogens is 285 g/mol. The number of nitrogens with two attached hydrogens (primary N) is 1. The fourth-order valence-electron chi connectivity index (χ4n) is 2.15. The van der Waals surface area contributed by atoms with Crippen LogP contribution in [0, 0.1) is 0 Å². The molecule has 1 heterocycles. The van der Waals surface area contributed by atoms with Crippen molar-refractivity contribution in [3.05, 3.63) is 59.7 Å². The summed E-state index contributed by atoms with van der Waals surface area (Å²) in [6, 6.07) is 14.1. The molecule has 21 heavy (non-hydrogen) atoms. The molecule has 104 valence electrons. The first-order chi connectivity index (χ1) is 10.2. The molecule has 0 spiro atoms. The van der Waals surface area contributed by atoms with Crippen molar-refractivity contribution in [1.82, 2.24) is 4.92 Å². The molecule has 0 radical (unpaired) electrons. The predicted octanol–water partition coefficient (Wildman–Crippen LogP) is 0.830. The Balaban J connectivity index is 1.89. The number of hydrazone groups is 1. The third kappa shape index (κ3) is 2.58. The van der Waals surface area contributed by atoms with Crippen LogP contribution in [0.1, 0.15) is 15.9 Å². The molecule has 1 aliphatic heterocycles. The minimum Gasteiger partial charge on any atom is -0.427 e. The third-order valence-electron chi connectivity index (χ3n) is 3.27. The van der Waals surface area contributed by atoms with E-state index in [1.807, 2.05) is 18.2 Å². The fraction of sp³-hybridized carbons (Fsp3) is 0. The van der Waals surface area contributed by atoms with E-state index in [1.165, 1.54) is 0 Å². The summed E-state index contributed by atoms with van der Waals surface area (Å²) in [5.41, 5.74) is 1.92. The number of amides is 1. The molecule has 2 aromatic carbocycles. The molecule has 0 aromatic heterocycles. The van der Waals surface area contributed by atoms with Gasteiger partial charge in [0.05, 0.1) is 6.21 Å². The molecule has 0 unspecified atom stereocenters. The van der Waals surface area contributed by atoms with E-state index in [4.69, 9.17) is 5.14 Å². The van der Waals surface area contributed by atoms with Gasteiger partial charge in [-0.25, -0.2) is 4.92 Å². The third-order valence-corrected chi connectivity index (χ3v) is 3.82. The number of hydrogen-bond acceptors (Lipinski definition) is 5. The van der Waals surface area contributed by atoms with Crippen LogP contribution in [0.5, 0.6) is 0 Å². The summed E-state index contributed by atoms with van der Waals surface area (Å²) in [5, 5.41) is 19.8. The molecular formula is C14H12BN3O2S. The number of hydrogen-bond donors (Lipinski definition) is 2. The smallest absolute Gasteiger partial charge is 0.427 e. The lowest BCUT2D eigenvalue weighted by Crippen LogP contribution is -2.52. The number of rotatable bonds is 2. The molecule has 0 fully saturated rings. The number of benzene rings is 2. The van der Waals surface area contributed by atoms with Crippen LogP contribution in [0.25, 0.3) is 0 Å². The van der Waals surface area contributed by atoms with Crippen LogP contribution in [0.3, 0.4) is 0 Å². The summed E-state index contributed by atoms with van der Waals surface area (Å²) in [6.07, 6.45) is 1.57. The molecule has 0 aliphatic carbocycles. The van der Waals surface area contributed by atoms with Gasteiger partial charge in [0, 0.05) is 10.5 Å². The van der Waals surface area contributed by atoms with Gasteiger partial charge in [-0.2, -0.15) is 5.10 Å². The molecule has 5 nitrogen and oxygen atoms in total. The van der Waals surface area contributed by atoms with Crippen molar-refractivity contribution in [3.63, 3.8) is 0 Å². The highest BCUT2D eigenvalue weighted by molar-refractivity contribution is 7.97. The van der Waals surface area contributed by atoms with Crippen molar-refractivity contribution < 1.29 is 9.82 Å². The van der Waals surface area contributed by atoms with Crippen LogP contribution in [0.4, 0.5) is 0 Å². The highest BCUT2D eigenvalue weighted by atomic mass is 32.2. The largest absolute Gasteiger partial charge is 0.474 e.